The predicted octanol–water partition coefficient (Wildman–Crippen LogP) is 2.67. The van der Waals surface area contributed by atoms with E-state index in [1.807, 2.05) is 6.92 Å². The lowest BCUT2D eigenvalue weighted by Crippen LogP contribution is -2.30. The zero-order chi connectivity index (χ0) is 16.8. The van der Waals surface area contributed by atoms with Crippen LogP contribution in [-0.4, -0.2) is 28.7 Å². The van der Waals surface area contributed by atoms with Crippen molar-refractivity contribution in [3.05, 3.63) is 5.56 Å². The minimum absolute atomic E-state index is 0.161. The minimum atomic E-state index is -0.828. The normalized spacial score (nSPS) is 12.0. The van der Waals surface area contributed by atoms with Gasteiger partial charge in [0.15, 0.2) is 11.4 Å². The van der Waals surface area contributed by atoms with Gasteiger partial charge in [-0.05, 0) is 27.2 Å². The van der Waals surface area contributed by atoms with Gasteiger partial charge in [0.05, 0.1) is 13.2 Å². The van der Waals surface area contributed by atoms with Crippen LogP contribution < -0.4 is 15.4 Å². The van der Waals surface area contributed by atoms with Crippen LogP contribution in [0, 0.1) is 22.7 Å². The average molecular weight is 302 g/mol. The number of rotatable bonds is 7. The Hall–Kier alpha value is -2.54. The molecular formula is C15H22N6O. The Labute approximate surface area is 131 Å². The lowest BCUT2D eigenvalue weighted by Gasteiger charge is -2.20. The van der Waals surface area contributed by atoms with Crippen LogP contribution in [0.4, 0.5) is 11.8 Å². The molecule has 0 radical (unpaired) electrons. The third-order valence-electron chi connectivity index (χ3n) is 2.99. The third-order valence-corrected chi connectivity index (χ3v) is 2.99. The third kappa shape index (κ3) is 4.49. The minimum Gasteiger partial charge on any atom is -0.480 e. The molecule has 22 heavy (non-hydrogen) atoms. The Morgan fingerprint density at radius 1 is 1.32 bits per heavy atom. The van der Waals surface area contributed by atoms with E-state index in [1.54, 1.807) is 13.8 Å². The Kier molecular flexibility index (Phi) is 5.94. The highest BCUT2D eigenvalue weighted by Crippen LogP contribution is 2.26. The zero-order valence-electron chi connectivity index (χ0n) is 13.7. The second-order valence-electron chi connectivity index (χ2n) is 5.59. The topological polar surface area (TPSA) is 107 Å². The monoisotopic (exact) mass is 302 g/mol. The lowest BCUT2D eigenvalue weighted by atomic mass is 10.1. The molecule has 0 spiro atoms. The highest BCUT2D eigenvalue weighted by Gasteiger charge is 2.21. The molecule has 118 valence electrons. The first kappa shape index (κ1) is 17.5. The molecule has 0 amide bonds. The lowest BCUT2D eigenvalue weighted by molar-refractivity contribution is 0.396. The fourth-order valence-corrected chi connectivity index (χ4v) is 1.90. The van der Waals surface area contributed by atoms with E-state index in [4.69, 9.17) is 10.00 Å². The van der Waals surface area contributed by atoms with Crippen molar-refractivity contribution in [2.24, 2.45) is 0 Å². The molecule has 7 heteroatoms. The average Bonchev–Trinajstić information content (AvgIpc) is 2.46. The Morgan fingerprint density at radius 3 is 2.50 bits per heavy atom. The van der Waals surface area contributed by atoms with Gasteiger partial charge in [-0.2, -0.15) is 20.5 Å². The van der Waals surface area contributed by atoms with E-state index in [0.29, 0.717) is 5.82 Å². The first-order valence-corrected chi connectivity index (χ1v) is 7.19. The number of nitrogens with one attached hydrogen (secondary N) is 2. The van der Waals surface area contributed by atoms with Crippen LogP contribution in [-0.2, 0) is 0 Å². The van der Waals surface area contributed by atoms with E-state index in [-0.39, 0.29) is 23.4 Å². The largest absolute Gasteiger partial charge is 0.480 e. The van der Waals surface area contributed by atoms with Crippen LogP contribution in [0.3, 0.4) is 0 Å². The molecule has 1 atom stereocenters. The van der Waals surface area contributed by atoms with E-state index in [1.165, 1.54) is 7.11 Å². The molecule has 0 saturated carbocycles. The molecule has 0 bridgehead atoms. The van der Waals surface area contributed by atoms with Crippen molar-refractivity contribution in [1.82, 2.24) is 9.97 Å². The molecule has 1 unspecified atom stereocenters. The summed E-state index contributed by atoms with van der Waals surface area (Å²) < 4.78 is 5.17. The van der Waals surface area contributed by atoms with E-state index < -0.39 is 5.54 Å². The van der Waals surface area contributed by atoms with Gasteiger partial charge in [-0.3, -0.25) is 0 Å². The maximum Gasteiger partial charge on any atom is 0.238 e. The molecule has 0 aliphatic carbocycles. The molecule has 1 aromatic heterocycles. The molecule has 1 aromatic rings. The van der Waals surface area contributed by atoms with Gasteiger partial charge in [0, 0.05) is 6.04 Å². The van der Waals surface area contributed by atoms with Crippen LogP contribution in [0.2, 0.25) is 0 Å². The first-order valence-electron chi connectivity index (χ1n) is 7.19. The number of hydrogen-bond acceptors (Lipinski definition) is 7. The van der Waals surface area contributed by atoms with Crippen molar-refractivity contribution in [2.45, 2.75) is 52.1 Å². The molecule has 7 nitrogen and oxygen atoms in total. The van der Waals surface area contributed by atoms with Crippen molar-refractivity contribution in [1.29, 1.82) is 10.5 Å². The van der Waals surface area contributed by atoms with Crippen LogP contribution in [0.1, 0.15) is 46.1 Å². The quantitative estimate of drug-likeness (QED) is 0.797. The molecule has 0 saturated heterocycles. The van der Waals surface area contributed by atoms with Gasteiger partial charge in [-0.15, -0.1) is 0 Å². The molecule has 1 heterocycles. The molecule has 0 aliphatic rings. The Balaban J connectivity index is 3.23. The highest BCUT2D eigenvalue weighted by atomic mass is 16.5. The zero-order valence-corrected chi connectivity index (χ0v) is 13.7. The molecule has 2 N–H and O–H groups in total. The van der Waals surface area contributed by atoms with Crippen molar-refractivity contribution in [3.63, 3.8) is 0 Å². The number of aromatic nitrogens is 2. The van der Waals surface area contributed by atoms with Crippen molar-refractivity contribution in [2.75, 3.05) is 17.7 Å². The maximum absolute atomic E-state index is 9.32. The molecule has 0 fully saturated rings. The molecule has 1 rings (SSSR count). The number of ether oxygens (including phenoxy) is 1. The summed E-state index contributed by atoms with van der Waals surface area (Å²) in [5, 5.41) is 24.6. The summed E-state index contributed by atoms with van der Waals surface area (Å²) in [4.78, 5) is 8.47. The van der Waals surface area contributed by atoms with Crippen LogP contribution in [0.25, 0.3) is 0 Å². The molecule has 0 aromatic carbocycles. The summed E-state index contributed by atoms with van der Waals surface area (Å²) in [5.74, 6) is 0.833. The van der Waals surface area contributed by atoms with Gasteiger partial charge in [-0.1, -0.05) is 13.3 Å². The van der Waals surface area contributed by atoms with E-state index in [2.05, 4.69) is 39.7 Å². The standard InChI is InChI=1S/C15H22N6O/c1-6-7-10(2)18-12-11(8-16)13(22-5)20-14(19-12)21-15(3,4)9-17/h10H,6-7H2,1-5H3,(H2,18,19,20,21). The Bertz CT molecular complexity index is 599. The van der Waals surface area contributed by atoms with Gasteiger partial charge in [-0.25, -0.2) is 0 Å². The predicted molar refractivity (Wildman–Crippen MR) is 84.6 cm³/mol. The van der Waals surface area contributed by atoms with Gasteiger partial charge in [0.2, 0.25) is 11.8 Å². The van der Waals surface area contributed by atoms with Crippen molar-refractivity contribution < 1.29 is 4.74 Å². The number of nitrogens with zero attached hydrogens (tertiary/aromatic N) is 4. The fourth-order valence-electron chi connectivity index (χ4n) is 1.90. The number of nitriles is 2. The van der Waals surface area contributed by atoms with E-state index in [0.717, 1.165) is 12.8 Å². The van der Waals surface area contributed by atoms with Gasteiger partial charge in [0.25, 0.3) is 0 Å². The number of methoxy groups -OCH3 is 1. The maximum atomic E-state index is 9.32. The summed E-state index contributed by atoms with van der Waals surface area (Å²) in [6, 6.07) is 4.34. The summed E-state index contributed by atoms with van der Waals surface area (Å²) in [6.07, 6.45) is 1.97. The number of hydrogen-bond donors (Lipinski definition) is 2. The summed E-state index contributed by atoms with van der Waals surface area (Å²) in [6.45, 7) is 7.54. The smallest absolute Gasteiger partial charge is 0.238 e. The molecular weight excluding hydrogens is 280 g/mol. The van der Waals surface area contributed by atoms with Gasteiger partial charge < -0.3 is 15.4 Å². The second kappa shape index (κ2) is 7.46. The summed E-state index contributed by atoms with van der Waals surface area (Å²) in [7, 11) is 1.45. The van der Waals surface area contributed by atoms with E-state index >= 15 is 0 Å². The fraction of sp³-hybridized carbons (Fsp3) is 0.600. The second-order valence-corrected chi connectivity index (χ2v) is 5.59. The van der Waals surface area contributed by atoms with Gasteiger partial charge >= 0.3 is 0 Å². The first-order chi connectivity index (χ1) is 10.4. The van der Waals surface area contributed by atoms with Crippen LogP contribution in [0.15, 0.2) is 0 Å². The highest BCUT2D eigenvalue weighted by molar-refractivity contribution is 5.60. The van der Waals surface area contributed by atoms with Crippen molar-refractivity contribution in [3.8, 4) is 18.0 Å². The SMILES string of the molecule is CCCC(C)Nc1nc(NC(C)(C)C#N)nc(OC)c1C#N. The van der Waals surface area contributed by atoms with E-state index in [9.17, 15) is 5.26 Å². The van der Waals surface area contributed by atoms with Crippen LogP contribution in [0.5, 0.6) is 5.88 Å². The van der Waals surface area contributed by atoms with Crippen LogP contribution >= 0.6 is 0 Å². The summed E-state index contributed by atoms with van der Waals surface area (Å²) >= 11 is 0. The summed E-state index contributed by atoms with van der Waals surface area (Å²) in [5.41, 5.74) is -0.573. The molecule has 0 aliphatic heterocycles. The Morgan fingerprint density at radius 2 is 2.00 bits per heavy atom. The van der Waals surface area contributed by atoms with Gasteiger partial charge in [0.1, 0.15) is 11.6 Å². The van der Waals surface area contributed by atoms with Crippen molar-refractivity contribution >= 4 is 11.8 Å². The number of anilines is 2.